The van der Waals surface area contributed by atoms with Crippen molar-refractivity contribution in [2.24, 2.45) is 0 Å². The lowest BCUT2D eigenvalue weighted by atomic mass is 10.4. The summed E-state index contributed by atoms with van der Waals surface area (Å²) < 4.78 is 1.61. The van der Waals surface area contributed by atoms with Gasteiger partial charge in [-0.25, -0.2) is 0 Å². The molecular weight excluding hydrogens is 162 g/mol. The second kappa shape index (κ2) is 3.58. The van der Waals surface area contributed by atoms with Crippen LogP contribution in [0.3, 0.4) is 0 Å². The van der Waals surface area contributed by atoms with Gasteiger partial charge in [-0.1, -0.05) is 18.5 Å². The van der Waals surface area contributed by atoms with Crippen LogP contribution in [0.2, 0.25) is 5.02 Å². The van der Waals surface area contributed by atoms with E-state index in [1.165, 1.54) is 6.07 Å². The van der Waals surface area contributed by atoms with Crippen molar-refractivity contribution >= 4 is 11.6 Å². The van der Waals surface area contributed by atoms with Crippen LogP contribution < -0.4 is 5.56 Å². The van der Waals surface area contributed by atoms with E-state index in [1.807, 2.05) is 6.92 Å². The molecule has 0 spiro atoms. The minimum Gasteiger partial charge on any atom is -0.314 e. The topological polar surface area (TPSA) is 22.0 Å². The zero-order valence-electron chi connectivity index (χ0n) is 6.38. The van der Waals surface area contributed by atoms with E-state index in [4.69, 9.17) is 11.6 Å². The summed E-state index contributed by atoms with van der Waals surface area (Å²) >= 11 is 5.69. The molecule has 0 saturated carbocycles. The molecule has 0 unspecified atom stereocenters. The second-order valence-electron chi connectivity index (χ2n) is 2.38. The van der Waals surface area contributed by atoms with Crippen molar-refractivity contribution in [2.45, 2.75) is 19.9 Å². The molecule has 2 nitrogen and oxygen atoms in total. The predicted octanol–water partition coefficient (Wildman–Crippen LogP) is 1.91. The van der Waals surface area contributed by atoms with Crippen molar-refractivity contribution in [3.05, 3.63) is 33.7 Å². The third-order valence-corrected chi connectivity index (χ3v) is 1.64. The minimum absolute atomic E-state index is 0.0104. The maximum Gasteiger partial charge on any atom is 0.250 e. The van der Waals surface area contributed by atoms with Gasteiger partial charge in [0.2, 0.25) is 0 Å². The van der Waals surface area contributed by atoms with Crippen molar-refractivity contribution in [3.63, 3.8) is 0 Å². The Morgan fingerprint density at radius 3 is 2.91 bits per heavy atom. The van der Waals surface area contributed by atoms with Crippen LogP contribution in [0, 0.1) is 0 Å². The van der Waals surface area contributed by atoms with Crippen LogP contribution in [0.4, 0.5) is 0 Å². The summed E-state index contributed by atoms with van der Waals surface area (Å²) in [6.45, 7) is 2.76. The molecule has 0 N–H and O–H groups in total. The average molecular weight is 172 g/mol. The van der Waals surface area contributed by atoms with Crippen LogP contribution in [-0.4, -0.2) is 4.57 Å². The Morgan fingerprint density at radius 1 is 1.55 bits per heavy atom. The Balaban J connectivity index is 3.03. The lowest BCUT2D eigenvalue weighted by Crippen LogP contribution is -2.17. The van der Waals surface area contributed by atoms with Crippen molar-refractivity contribution in [1.29, 1.82) is 0 Å². The number of hydrogen-bond acceptors (Lipinski definition) is 1. The molecule has 0 radical (unpaired) electrons. The summed E-state index contributed by atoms with van der Waals surface area (Å²) in [5, 5.41) is 0.609. The van der Waals surface area contributed by atoms with Crippen LogP contribution in [0.25, 0.3) is 0 Å². The summed E-state index contributed by atoms with van der Waals surface area (Å²) in [4.78, 5) is 11.1. The Bertz CT molecular complexity index is 292. The quantitative estimate of drug-likeness (QED) is 0.667. The number of halogens is 1. The largest absolute Gasteiger partial charge is 0.314 e. The molecule has 0 saturated heterocycles. The highest BCUT2D eigenvalue weighted by Crippen LogP contribution is 2.03. The highest BCUT2D eigenvalue weighted by atomic mass is 35.5. The van der Waals surface area contributed by atoms with Crippen LogP contribution in [0.1, 0.15) is 13.3 Å². The van der Waals surface area contributed by atoms with Gasteiger partial charge in [0, 0.05) is 18.8 Å². The number of pyridine rings is 1. The van der Waals surface area contributed by atoms with Crippen molar-refractivity contribution < 1.29 is 0 Å². The fourth-order valence-corrected chi connectivity index (χ4v) is 1.10. The fraction of sp³-hybridized carbons (Fsp3) is 0.375. The number of aromatic nitrogens is 1. The zero-order valence-corrected chi connectivity index (χ0v) is 7.14. The van der Waals surface area contributed by atoms with Crippen molar-refractivity contribution in [1.82, 2.24) is 4.57 Å². The Morgan fingerprint density at radius 2 is 2.27 bits per heavy atom. The fourth-order valence-electron chi connectivity index (χ4n) is 0.918. The molecule has 0 amide bonds. The summed E-state index contributed by atoms with van der Waals surface area (Å²) in [7, 11) is 0. The maximum absolute atomic E-state index is 11.1. The second-order valence-corrected chi connectivity index (χ2v) is 2.82. The van der Waals surface area contributed by atoms with E-state index in [1.54, 1.807) is 16.8 Å². The lowest BCUT2D eigenvalue weighted by Gasteiger charge is -2.01. The Hall–Kier alpha value is -0.760. The molecule has 1 aromatic rings. The van der Waals surface area contributed by atoms with E-state index in [2.05, 4.69) is 0 Å². The zero-order chi connectivity index (χ0) is 8.27. The van der Waals surface area contributed by atoms with Crippen LogP contribution in [0.5, 0.6) is 0 Å². The molecular formula is C8H10ClNO. The number of hydrogen-bond donors (Lipinski definition) is 0. The normalized spacial score (nSPS) is 10.0. The van der Waals surface area contributed by atoms with Gasteiger partial charge in [-0.15, -0.1) is 0 Å². The van der Waals surface area contributed by atoms with Crippen LogP contribution >= 0.6 is 11.6 Å². The molecule has 1 rings (SSSR count). The smallest absolute Gasteiger partial charge is 0.250 e. The minimum atomic E-state index is 0.0104. The number of aryl methyl sites for hydroxylation is 1. The summed E-state index contributed by atoms with van der Waals surface area (Å²) in [6.07, 6.45) is 2.60. The molecule has 11 heavy (non-hydrogen) atoms. The third-order valence-electron chi connectivity index (χ3n) is 1.41. The van der Waals surface area contributed by atoms with Gasteiger partial charge >= 0.3 is 0 Å². The summed E-state index contributed by atoms with van der Waals surface area (Å²) in [5.41, 5.74) is 0.0104. The molecule has 0 bridgehead atoms. The average Bonchev–Trinajstić information content (AvgIpc) is 1.98. The van der Waals surface area contributed by atoms with Gasteiger partial charge in [-0.05, 0) is 12.5 Å². The molecule has 0 aliphatic rings. The summed E-state index contributed by atoms with van der Waals surface area (Å²) in [5.74, 6) is 0. The van der Waals surface area contributed by atoms with Gasteiger partial charge in [-0.2, -0.15) is 0 Å². The molecule has 0 fully saturated rings. The highest BCUT2D eigenvalue weighted by molar-refractivity contribution is 6.30. The first-order chi connectivity index (χ1) is 5.24. The van der Waals surface area contributed by atoms with E-state index in [9.17, 15) is 4.79 Å². The SMILES string of the molecule is CCCn1cc(Cl)ccc1=O. The molecule has 3 heteroatoms. The van der Waals surface area contributed by atoms with E-state index in [-0.39, 0.29) is 5.56 Å². The van der Waals surface area contributed by atoms with Gasteiger partial charge in [0.25, 0.3) is 5.56 Å². The van der Waals surface area contributed by atoms with Gasteiger partial charge in [-0.3, -0.25) is 4.79 Å². The van der Waals surface area contributed by atoms with Crippen molar-refractivity contribution in [2.75, 3.05) is 0 Å². The predicted molar refractivity (Wildman–Crippen MR) is 46.0 cm³/mol. The monoisotopic (exact) mass is 171 g/mol. The van der Waals surface area contributed by atoms with Crippen LogP contribution in [0.15, 0.2) is 23.1 Å². The summed E-state index contributed by atoms with van der Waals surface area (Å²) in [6, 6.07) is 3.09. The Kier molecular flexibility index (Phi) is 2.71. The van der Waals surface area contributed by atoms with E-state index in [0.717, 1.165) is 13.0 Å². The molecule has 1 heterocycles. The maximum atomic E-state index is 11.1. The van der Waals surface area contributed by atoms with Crippen LogP contribution in [-0.2, 0) is 6.54 Å². The van der Waals surface area contributed by atoms with E-state index < -0.39 is 0 Å². The lowest BCUT2D eigenvalue weighted by molar-refractivity contribution is 0.654. The van der Waals surface area contributed by atoms with Gasteiger partial charge in [0.05, 0.1) is 5.02 Å². The first-order valence-corrected chi connectivity index (χ1v) is 3.98. The van der Waals surface area contributed by atoms with Gasteiger partial charge in [0.1, 0.15) is 0 Å². The first-order valence-electron chi connectivity index (χ1n) is 3.60. The third kappa shape index (κ3) is 2.09. The molecule has 0 aromatic carbocycles. The first kappa shape index (κ1) is 8.34. The highest BCUT2D eigenvalue weighted by Gasteiger charge is 1.93. The molecule has 60 valence electrons. The molecule has 0 atom stereocenters. The van der Waals surface area contributed by atoms with E-state index in [0.29, 0.717) is 5.02 Å². The van der Waals surface area contributed by atoms with Gasteiger partial charge < -0.3 is 4.57 Å². The number of nitrogens with zero attached hydrogens (tertiary/aromatic N) is 1. The Labute approximate surface area is 70.4 Å². The van der Waals surface area contributed by atoms with E-state index >= 15 is 0 Å². The number of rotatable bonds is 2. The molecule has 0 aliphatic heterocycles. The molecule has 1 aromatic heterocycles. The van der Waals surface area contributed by atoms with Crippen molar-refractivity contribution in [3.8, 4) is 0 Å². The standard InChI is InChI=1S/C8H10ClNO/c1-2-5-10-6-7(9)3-4-8(10)11/h3-4,6H,2,5H2,1H3. The molecule has 0 aliphatic carbocycles. The van der Waals surface area contributed by atoms with Gasteiger partial charge in [0.15, 0.2) is 0 Å².